The molecule has 0 aliphatic heterocycles. The maximum Gasteiger partial charge on any atom is 0.258 e. The molecule has 5 nitrogen and oxygen atoms in total. The van der Waals surface area contributed by atoms with Crippen molar-refractivity contribution in [3.05, 3.63) is 59.4 Å². The Labute approximate surface area is 151 Å². The first kappa shape index (κ1) is 17.3. The molecule has 0 spiro atoms. The van der Waals surface area contributed by atoms with E-state index in [-0.39, 0.29) is 18.6 Å². The number of carbonyl (C=O) groups excluding carboxylic acids is 1. The third-order valence-corrected chi connectivity index (χ3v) is 4.20. The van der Waals surface area contributed by atoms with Crippen LogP contribution in [0.3, 0.4) is 0 Å². The van der Waals surface area contributed by atoms with Crippen molar-refractivity contribution < 1.29 is 9.53 Å². The summed E-state index contributed by atoms with van der Waals surface area (Å²) in [7, 11) is 0. The normalized spacial score (nSPS) is 12.1. The number of hydrogen-bond donors (Lipinski definition) is 1. The molecule has 0 radical (unpaired) electrons. The van der Waals surface area contributed by atoms with Gasteiger partial charge >= 0.3 is 0 Å². The molecule has 6 heteroatoms. The maximum absolute atomic E-state index is 12.2. The minimum absolute atomic E-state index is 0.0572. The number of hydrogen-bond acceptors (Lipinski definition) is 3. The number of aromatic nitrogens is 2. The SMILES string of the molecule is CCn1c(C(C)NC(=O)COc2ccc(Cl)cc2)nc2ccccc21. The van der Waals surface area contributed by atoms with Crippen LogP contribution in [0.15, 0.2) is 48.5 Å². The third-order valence-electron chi connectivity index (χ3n) is 3.95. The van der Waals surface area contributed by atoms with E-state index < -0.39 is 0 Å². The molecule has 0 saturated heterocycles. The fourth-order valence-corrected chi connectivity index (χ4v) is 2.91. The largest absolute Gasteiger partial charge is 0.484 e. The fraction of sp³-hybridized carbons (Fsp3) is 0.263. The van der Waals surface area contributed by atoms with E-state index in [1.165, 1.54) is 0 Å². The molecule has 1 heterocycles. The lowest BCUT2D eigenvalue weighted by Crippen LogP contribution is -2.32. The first-order valence-corrected chi connectivity index (χ1v) is 8.59. The number of carbonyl (C=O) groups is 1. The Hall–Kier alpha value is -2.53. The summed E-state index contributed by atoms with van der Waals surface area (Å²) >= 11 is 5.83. The zero-order valence-corrected chi connectivity index (χ0v) is 15.0. The molecule has 0 aliphatic carbocycles. The van der Waals surface area contributed by atoms with Crippen LogP contribution in [-0.2, 0) is 11.3 Å². The summed E-state index contributed by atoms with van der Waals surface area (Å²) in [5.41, 5.74) is 2.00. The summed E-state index contributed by atoms with van der Waals surface area (Å²) in [6.45, 7) is 4.72. The molecule has 3 aromatic rings. The van der Waals surface area contributed by atoms with Gasteiger partial charge in [0.05, 0.1) is 17.1 Å². The van der Waals surface area contributed by atoms with Crippen LogP contribution in [0.2, 0.25) is 5.02 Å². The van der Waals surface area contributed by atoms with Crippen LogP contribution in [0.1, 0.15) is 25.7 Å². The Morgan fingerprint density at radius 3 is 2.68 bits per heavy atom. The lowest BCUT2D eigenvalue weighted by molar-refractivity contribution is -0.123. The molecule has 2 aromatic carbocycles. The van der Waals surface area contributed by atoms with E-state index in [1.807, 2.05) is 31.2 Å². The smallest absolute Gasteiger partial charge is 0.258 e. The van der Waals surface area contributed by atoms with Gasteiger partial charge in [-0.05, 0) is 50.2 Å². The zero-order chi connectivity index (χ0) is 17.8. The number of para-hydroxylation sites is 2. The van der Waals surface area contributed by atoms with Gasteiger partial charge in [-0.25, -0.2) is 4.98 Å². The average molecular weight is 358 g/mol. The van der Waals surface area contributed by atoms with Gasteiger partial charge in [-0.3, -0.25) is 4.79 Å². The van der Waals surface area contributed by atoms with E-state index in [0.29, 0.717) is 10.8 Å². The number of amides is 1. The van der Waals surface area contributed by atoms with Gasteiger partial charge in [-0.1, -0.05) is 23.7 Å². The summed E-state index contributed by atoms with van der Waals surface area (Å²) < 4.78 is 7.59. The first-order chi connectivity index (χ1) is 12.1. The fourth-order valence-electron chi connectivity index (χ4n) is 2.78. The van der Waals surface area contributed by atoms with E-state index in [0.717, 1.165) is 23.4 Å². The van der Waals surface area contributed by atoms with Gasteiger partial charge in [0.25, 0.3) is 5.91 Å². The number of halogens is 1. The molecule has 0 saturated carbocycles. The van der Waals surface area contributed by atoms with Crippen LogP contribution in [0.25, 0.3) is 11.0 Å². The number of nitrogens with one attached hydrogen (secondary N) is 1. The van der Waals surface area contributed by atoms with Crippen molar-refractivity contribution in [3.63, 3.8) is 0 Å². The number of aryl methyl sites for hydroxylation is 1. The van der Waals surface area contributed by atoms with Gasteiger partial charge in [-0.2, -0.15) is 0 Å². The van der Waals surface area contributed by atoms with Crippen molar-refractivity contribution in [1.29, 1.82) is 0 Å². The van der Waals surface area contributed by atoms with Crippen molar-refractivity contribution in [2.24, 2.45) is 0 Å². The highest BCUT2D eigenvalue weighted by atomic mass is 35.5. The number of fused-ring (bicyclic) bond motifs is 1. The number of imidazole rings is 1. The van der Waals surface area contributed by atoms with Crippen LogP contribution < -0.4 is 10.1 Å². The van der Waals surface area contributed by atoms with Crippen molar-refractivity contribution in [2.75, 3.05) is 6.61 Å². The van der Waals surface area contributed by atoms with E-state index >= 15 is 0 Å². The molecule has 25 heavy (non-hydrogen) atoms. The summed E-state index contributed by atoms with van der Waals surface area (Å²) in [5.74, 6) is 1.24. The molecule has 1 unspecified atom stereocenters. The van der Waals surface area contributed by atoms with Crippen LogP contribution >= 0.6 is 11.6 Å². The van der Waals surface area contributed by atoms with Crippen molar-refractivity contribution in [3.8, 4) is 5.75 Å². The molecule has 1 atom stereocenters. The molecule has 130 valence electrons. The summed E-state index contributed by atoms with van der Waals surface area (Å²) in [5, 5.41) is 3.57. The van der Waals surface area contributed by atoms with E-state index in [1.54, 1.807) is 24.3 Å². The Morgan fingerprint density at radius 2 is 1.96 bits per heavy atom. The molecular weight excluding hydrogens is 338 g/mol. The topological polar surface area (TPSA) is 56.2 Å². The maximum atomic E-state index is 12.2. The second kappa shape index (κ2) is 7.57. The molecular formula is C19H20ClN3O2. The molecule has 1 aromatic heterocycles. The molecule has 0 aliphatic rings. The summed E-state index contributed by atoms with van der Waals surface area (Å²) in [6, 6.07) is 14.7. The standard InChI is InChI=1S/C19H20ClN3O2/c1-3-23-17-7-5-4-6-16(17)22-19(23)13(2)21-18(24)12-25-15-10-8-14(20)9-11-15/h4-11,13H,3,12H2,1-2H3,(H,21,24). The van der Waals surface area contributed by atoms with Crippen molar-refractivity contribution >= 4 is 28.5 Å². The second-order valence-electron chi connectivity index (χ2n) is 5.73. The molecule has 3 rings (SSSR count). The zero-order valence-electron chi connectivity index (χ0n) is 14.2. The number of ether oxygens (including phenoxy) is 1. The van der Waals surface area contributed by atoms with E-state index in [9.17, 15) is 4.79 Å². The minimum Gasteiger partial charge on any atom is -0.484 e. The Bertz CT molecular complexity index is 874. The molecule has 0 bridgehead atoms. The third kappa shape index (κ3) is 3.94. The highest BCUT2D eigenvalue weighted by Gasteiger charge is 2.17. The van der Waals surface area contributed by atoms with Gasteiger partial charge in [0.15, 0.2) is 6.61 Å². The Morgan fingerprint density at radius 1 is 1.24 bits per heavy atom. The molecule has 1 N–H and O–H groups in total. The van der Waals surface area contributed by atoms with Crippen LogP contribution in [0, 0.1) is 0 Å². The predicted octanol–water partition coefficient (Wildman–Crippen LogP) is 3.97. The van der Waals surface area contributed by atoms with Gasteiger partial charge in [-0.15, -0.1) is 0 Å². The van der Waals surface area contributed by atoms with E-state index in [2.05, 4.69) is 21.8 Å². The van der Waals surface area contributed by atoms with Gasteiger partial charge in [0, 0.05) is 11.6 Å². The van der Waals surface area contributed by atoms with Crippen LogP contribution in [0.4, 0.5) is 0 Å². The van der Waals surface area contributed by atoms with Gasteiger partial charge in [0.1, 0.15) is 11.6 Å². The first-order valence-electron chi connectivity index (χ1n) is 8.21. The monoisotopic (exact) mass is 357 g/mol. The van der Waals surface area contributed by atoms with Crippen molar-refractivity contribution in [2.45, 2.75) is 26.4 Å². The van der Waals surface area contributed by atoms with Crippen LogP contribution in [-0.4, -0.2) is 22.1 Å². The minimum atomic E-state index is -0.214. The van der Waals surface area contributed by atoms with E-state index in [4.69, 9.17) is 16.3 Å². The lowest BCUT2D eigenvalue weighted by atomic mass is 10.3. The average Bonchev–Trinajstić information content (AvgIpc) is 3.00. The highest BCUT2D eigenvalue weighted by molar-refractivity contribution is 6.30. The summed E-state index contributed by atoms with van der Waals surface area (Å²) in [4.78, 5) is 16.8. The predicted molar refractivity (Wildman–Crippen MR) is 98.9 cm³/mol. The van der Waals surface area contributed by atoms with Crippen molar-refractivity contribution in [1.82, 2.24) is 14.9 Å². The lowest BCUT2D eigenvalue weighted by Gasteiger charge is -2.15. The number of benzene rings is 2. The highest BCUT2D eigenvalue weighted by Crippen LogP contribution is 2.21. The number of rotatable bonds is 6. The Balaban J connectivity index is 1.66. The summed E-state index contributed by atoms with van der Waals surface area (Å²) in [6.07, 6.45) is 0. The molecule has 1 amide bonds. The van der Waals surface area contributed by atoms with Gasteiger partial charge in [0.2, 0.25) is 0 Å². The second-order valence-corrected chi connectivity index (χ2v) is 6.17. The Kier molecular flexibility index (Phi) is 5.24. The molecule has 0 fully saturated rings. The quantitative estimate of drug-likeness (QED) is 0.726. The number of nitrogens with zero attached hydrogens (tertiary/aromatic N) is 2. The van der Waals surface area contributed by atoms with Crippen LogP contribution in [0.5, 0.6) is 5.75 Å². The van der Waals surface area contributed by atoms with Gasteiger partial charge < -0.3 is 14.6 Å².